The molecule has 0 aromatic heterocycles. The fraction of sp³-hybridized carbons (Fsp3) is 0.364. The highest BCUT2D eigenvalue weighted by molar-refractivity contribution is 9.10. The van der Waals surface area contributed by atoms with E-state index in [2.05, 4.69) is 21.2 Å². The molecule has 0 aliphatic rings. The lowest BCUT2D eigenvalue weighted by Crippen LogP contribution is -2.32. The number of benzene rings is 1. The van der Waals surface area contributed by atoms with Crippen LogP contribution < -0.4 is 5.32 Å². The van der Waals surface area contributed by atoms with E-state index in [1.165, 1.54) is 0 Å². The molecule has 0 spiro atoms. The molecule has 16 heavy (non-hydrogen) atoms. The van der Waals surface area contributed by atoms with Crippen LogP contribution in [0.25, 0.3) is 0 Å². The Bertz CT molecular complexity index is 329. The molecule has 0 atom stereocenters. The Morgan fingerprint density at radius 2 is 1.94 bits per heavy atom. The van der Waals surface area contributed by atoms with Crippen molar-refractivity contribution in [3.05, 3.63) is 34.3 Å². The molecule has 0 bridgehead atoms. The third kappa shape index (κ3) is 4.51. The summed E-state index contributed by atoms with van der Waals surface area (Å²) in [6.45, 7) is 1.52. The van der Waals surface area contributed by atoms with Crippen molar-refractivity contribution in [2.45, 2.75) is 0 Å². The van der Waals surface area contributed by atoms with Gasteiger partial charge in [-0.2, -0.15) is 0 Å². The smallest absolute Gasteiger partial charge is 0.253 e. The van der Waals surface area contributed by atoms with E-state index in [1.807, 2.05) is 38.4 Å². The fourth-order valence-electron chi connectivity index (χ4n) is 1.19. The van der Waals surface area contributed by atoms with Crippen LogP contribution in [0.2, 0.25) is 0 Å². The van der Waals surface area contributed by atoms with Crippen LogP contribution in [0, 0.1) is 0 Å². The van der Waals surface area contributed by atoms with Crippen molar-refractivity contribution in [3.63, 3.8) is 0 Å². The second kappa shape index (κ2) is 7.65. The van der Waals surface area contributed by atoms with E-state index < -0.39 is 0 Å². The lowest BCUT2D eigenvalue weighted by Gasteiger charge is -2.16. The topological polar surface area (TPSA) is 32.3 Å². The number of hydrogen-bond acceptors (Lipinski definition) is 2. The van der Waals surface area contributed by atoms with Crippen molar-refractivity contribution in [3.8, 4) is 0 Å². The maximum atomic E-state index is 11.8. The number of carbonyl (C=O) groups is 1. The number of halogens is 2. The fourth-order valence-corrected chi connectivity index (χ4v) is 1.46. The second-order valence-electron chi connectivity index (χ2n) is 3.34. The molecule has 0 saturated carbocycles. The summed E-state index contributed by atoms with van der Waals surface area (Å²) in [6.07, 6.45) is 0. The molecule has 1 rings (SSSR count). The molecule has 0 radical (unpaired) electrons. The predicted octanol–water partition coefficient (Wildman–Crippen LogP) is 2.16. The van der Waals surface area contributed by atoms with E-state index >= 15 is 0 Å². The Hall–Kier alpha value is -0.580. The highest BCUT2D eigenvalue weighted by Gasteiger charge is 2.10. The summed E-state index contributed by atoms with van der Waals surface area (Å²) >= 11 is 3.34. The van der Waals surface area contributed by atoms with Crippen LogP contribution in [0.5, 0.6) is 0 Å². The van der Waals surface area contributed by atoms with Gasteiger partial charge in [-0.05, 0) is 31.3 Å². The third-order valence-electron chi connectivity index (χ3n) is 2.14. The van der Waals surface area contributed by atoms with Gasteiger partial charge in [-0.3, -0.25) is 4.79 Å². The normalized spacial score (nSPS) is 9.44. The zero-order valence-corrected chi connectivity index (χ0v) is 11.8. The summed E-state index contributed by atoms with van der Waals surface area (Å²) in [6, 6.07) is 7.39. The summed E-state index contributed by atoms with van der Waals surface area (Å²) in [5, 5.41) is 3.01. The number of carbonyl (C=O) groups excluding carboxylic acids is 1. The van der Waals surface area contributed by atoms with Gasteiger partial charge in [0.05, 0.1) is 0 Å². The van der Waals surface area contributed by atoms with Gasteiger partial charge in [-0.25, -0.2) is 0 Å². The van der Waals surface area contributed by atoms with Crippen LogP contribution in [0.3, 0.4) is 0 Å². The van der Waals surface area contributed by atoms with Crippen molar-refractivity contribution in [1.82, 2.24) is 10.2 Å². The van der Waals surface area contributed by atoms with Crippen LogP contribution in [0.15, 0.2) is 28.7 Å². The molecule has 1 aromatic rings. The van der Waals surface area contributed by atoms with Gasteiger partial charge in [0.2, 0.25) is 0 Å². The van der Waals surface area contributed by atoms with Gasteiger partial charge in [0.15, 0.2) is 0 Å². The van der Waals surface area contributed by atoms with Crippen LogP contribution >= 0.6 is 28.3 Å². The Kier molecular flexibility index (Phi) is 7.38. The molecule has 1 amide bonds. The molecule has 90 valence electrons. The lowest BCUT2D eigenvalue weighted by atomic mass is 10.2. The number of likely N-dealkylation sites (N-methyl/N-ethyl adjacent to an activating group) is 2. The highest BCUT2D eigenvalue weighted by atomic mass is 79.9. The van der Waals surface area contributed by atoms with Crippen molar-refractivity contribution in [1.29, 1.82) is 0 Å². The van der Waals surface area contributed by atoms with Crippen molar-refractivity contribution < 1.29 is 4.79 Å². The molecule has 0 heterocycles. The van der Waals surface area contributed by atoms with Crippen molar-refractivity contribution in [2.75, 3.05) is 27.2 Å². The van der Waals surface area contributed by atoms with E-state index in [4.69, 9.17) is 0 Å². The predicted molar refractivity (Wildman–Crippen MR) is 72.3 cm³/mol. The van der Waals surface area contributed by atoms with Crippen LogP contribution in [0.4, 0.5) is 0 Å². The third-order valence-corrected chi connectivity index (χ3v) is 2.66. The van der Waals surface area contributed by atoms with Gasteiger partial charge in [0.1, 0.15) is 0 Å². The van der Waals surface area contributed by atoms with Gasteiger partial charge in [-0.1, -0.05) is 15.9 Å². The van der Waals surface area contributed by atoms with Gasteiger partial charge in [0.25, 0.3) is 5.91 Å². The Labute approximate surface area is 111 Å². The Balaban J connectivity index is 0.00000225. The maximum absolute atomic E-state index is 11.8. The van der Waals surface area contributed by atoms with E-state index in [0.717, 1.165) is 16.6 Å². The SMILES string of the molecule is CNCCN(C)C(=O)c1ccc(Br)cc1.Cl. The lowest BCUT2D eigenvalue weighted by molar-refractivity contribution is 0.0797. The molecule has 3 nitrogen and oxygen atoms in total. The van der Waals surface area contributed by atoms with Gasteiger partial charge in [0, 0.05) is 30.2 Å². The molecule has 0 aliphatic heterocycles. The molecule has 0 saturated heterocycles. The molecule has 5 heteroatoms. The molecular formula is C11H16BrClN2O. The van der Waals surface area contributed by atoms with Crippen molar-refractivity contribution in [2.24, 2.45) is 0 Å². The number of nitrogens with one attached hydrogen (secondary N) is 1. The van der Waals surface area contributed by atoms with Crippen LogP contribution in [0.1, 0.15) is 10.4 Å². The summed E-state index contributed by atoms with van der Waals surface area (Å²) < 4.78 is 0.983. The zero-order valence-electron chi connectivity index (χ0n) is 9.37. The minimum absolute atomic E-state index is 0. The molecular weight excluding hydrogens is 291 g/mol. The minimum Gasteiger partial charge on any atom is -0.340 e. The van der Waals surface area contributed by atoms with Crippen LogP contribution in [-0.4, -0.2) is 38.0 Å². The van der Waals surface area contributed by atoms with Crippen LogP contribution in [-0.2, 0) is 0 Å². The van der Waals surface area contributed by atoms with Gasteiger partial charge >= 0.3 is 0 Å². The second-order valence-corrected chi connectivity index (χ2v) is 4.25. The first-order chi connectivity index (χ1) is 7.15. The first-order valence-electron chi connectivity index (χ1n) is 4.81. The largest absolute Gasteiger partial charge is 0.340 e. The summed E-state index contributed by atoms with van der Waals surface area (Å²) in [4.78, 5) is 13.6. The summed E-state index contributed by atoms with van der Waals surface area (Å²) in [5.74, 6) is 0.0535. The molecule has 0 aliphatic carbocycles. The number of hydrogen-bond donors (Lipinski definition) is 1. The first kappa shape index (κ1) is 15.4. The Morgan fingerprint density at radius 1 is 1.38 bits per heavy atom. The standard InChI is InChI=1S/C11H15BrN2O.ClH/c1-13-7-8-14(2)11(15)9-3-5-10(12)6-4-9;/h3-6,13H,7-8H2,1-2H3;1H. The molecule has 0 unspecified atom stereocenters. The average Bonchev–Trinajstić information content (AvgIpc) is 2.26. The quantitative estimate of drug-likeness (QED) is 0.924. The van der Waals surface area contributed by atoms with E-state index in [9.17, 15) is 4.79 Å². The van der Waals surface area contributed by atoms with Gasteiger partial charge < -0.3 is 10.2 Å². The maximum Gasteiger partial charge on any atom is 0.253 e. The summed E-state index contributed by atoms with van der Waals surface area (Å²) in [7, 11) is 3.68. The Morgan fingerprint density at radius 3 is 2.44 bits per heavy atom. The average molecular weight is 308 g/mol. The summed E-state index contributed by atoms with van der Waals surface area (Å²) in [5.41, 5.74) is 0.719. The van der Waals surface area contributed by atoms with E-state index in [-0.39, 0.29) is 18.3 Å². The first-order valence-corrected chi connectivity index (χ1v) is 5.60. The number of rotatable bonds is 4. The number of nitrogens with zero attached hydrogens (tertiary/aromatic N) is 1. The van der Waals surface area contributed by atoms with E-state index in [1.54, 1.807) is 4.90 Å². The monoisotopic (exact) mass is 306 g/mol. The molecule has 1 N–H and O–H groups in total. The van der Waals surface area contributed by atoms with E-state index in [0.29, 0.717) is 6.54 Å². The molecule has 0 fully saturated rings. The number of amides is 1. The highest BCUT2D eigenvalue weighted by Crippen LogP contribution is 2.11. The zero-order chi connectivity index (χ0) is 11.3. The van der Waals surface area contributed by atoms with Crippen molar-refractivity contribution >= 4 is 34.2 Å². The molecule has 1 aromatic carbocycles. The minimum atomic E-state index is 0. The van der Waals surface area contributed by atoms with Gasteiger partial charge in [-0.15, -0.1) is 12.4 Å².